The second-order valence-electron chi connectivity index (χ2n) is 2.85. The fraction of sp³-hybridized carbons (Fsp3) is 0.333. The monoisotopic (exact) mass is 286 g/mol. The molecule has 2 N–H and O–H groups in total. The number of ether oxygens (including phenoxy) is 1. The van der Waals surface area contributed by atoms with E-state index in [2.05, 4.69) is 9.72 Å². The van der Waals surface area contributed by atoms with Crippen molar-refractivity contribution in [1.29, 1.82) is 0 Å². The van der Waals surface area contributed by atoms with Crippen molar-refractivity contribution in [1.82, 2.24) is 4.98 Å². The standard InChI is InChI=1S/C9H11ClN2O2.2ClH/c1-14-9(13)8(11)3-6-2-7(10)5-12-4-6;;/h2,4-5,8H,3,11H2,1H3;2*1H/t8-;;/m1../s1. The molecule has 0 aromatic carbocycles. The molecule has 0 fully saturated rings. The number of methoxy groups -OCH3 is 1. The quantitative estimate of drug-likeness (QED) is 0.858. The Bertz CT molecular complexity index is 336. The van der Waals surface area contributed by atoms with Gasteiger partial charge >= 0.3 is 5.97 Å². The predicted molar refractivity (Wildman–Crippen MR) is 67.4 cm³/mol. The highest BCUT2D eigenvalue weighted by atomic mass is 35.5. The fourth-order valence-electron chi connectivity index (χ4n) is 1.06. The summed E-state index contributed by atoms with van der Waals surface area (Å²) < 4.78 is 4.50. The molecule has 0 spiro atoms. The van der Waals surface area contributed by atoms with Crippen LogP contribution in [0.15, 0.2) is 18.5 Å². The third-order valence-corrected chi connectivity index (χ3v) is 1.93. The van der Waals surface area contributed by atoms with Gasteiger partial charge in [0.1, 0.15) is 6.04 Å². The number of hydrogen-bond acceptors (Lipinski definition) is 4. The maximum Gasteiger partial charge on any atom is 0.322 e. The van der Waals surface area contributed by atoms with E-state index in [0.717, 1.165) is 5.56 Å². The van der Waals surface area contributed by atoms with Crippen molar-refractivity contribution in [3.8, 4) is 0 Å². The van der Waals surface area contributed by atoms with Crippen LogP contribution in [0.5, 0.6) is 0 Å². The topological polar surface area (TPSA) is 65.2 Å². The van der Waals surface area contributed by atoms with E-state index in [1.54, 1.807) is 12.3 Å². The fourth-order valence-corrected chi connectivity index (χ4v) is 1.25. The van der Waals surface area contributed by atoms with Crippen LogP contribution in [-0.2, 0) is 16.0 Å². The molecule has 0 aliphatic heterocycles. The van der Waals surface area contributed by atoms with Crippen LogP contribution in [0.1, 0.15) is 5.56 Å². The van der Waals surface area contributed by atoms with Gasteiger partial charge in [-0.3, -0.25) is 9.78 Å². The molecule has 0 unspecified atom stereocenters. The SMILES string of the molecule is COC(=O)[C@H](N)Cc1cncc(Cl)c1.Cl.Cl. The molecule has 7 heteroatoms. The smallest absolute Gasteiger partial charge is 0.322 e. The highest BCUT2D eigenvalue weighted by Gasteiger charge is 2.14. The van der Waals surface area contributed by atoms with Crippen molar-refractivity contribution in [3.05, 3.63) is 29.0 Å². The molecule has 0 radical (unpaired) electrons. The number of carbonyl (C=O) groups is 1. The highest BCUT2D eigenvalue weighted by molar-refractivity contribution is 6.30. The van der Waals surface area contributed by atoms with E-state index in [1.807, 2.05) is 0 Å². The van der Waals surface area contributed by atoms with Crippen LogP contribution in [0, 0.1) is 0 Å². The average molecular weight is 288 g/mol. The molecule has 0 saturated heterocycles. The second kappa shape index (κ2) is 8.58. The molecule has 1 aromatic heterocycles. The number of nitrogens with two attached hydrogens (primary N) is 1. The first-order valence-electron chi connectivity index (χ1n) is 4.06. The first kappa shape index (κ1) is 17.8. The van der Waals surface area contributed by atoms with Crippen LogP contribution in [0.25, 0.3) is 0 Å². The van der Waals surface area contributed by atoms with Gasteiger partial charge in [0.2, 0.25) is 0 Å². The number of carbonyl (C=O) groups excluding carboxylic acids is 1. The van der Waals surface area contributed by atoms with Gasteiger partial charge < -0.3 is 10.5 Å². The first-order valence-corrected chi connectivity index (χ1v) is 4.44. The molecule has 4 nitrogen and oxygen atoms in total. The molecule has 1 heterocycles. The molecule has 0 amide bonds. The largest absolute Gasteiger partial charge is 0.468 e. The Morgan fingerprint density at radius 1 is 1.56 bits per heavy atom. The summed E-state index contributed by atoms with van der Waals surface area (Å²) in [6.07, 6.45) is 3.52. The Morgan fingerprint density at radius 2 is 2.19 bits per heavy atom. The number of pyridine rings is 1. The Balaban J connectivity index is 0. The number of nitrogens with zero attached hydrogens (tertiary/aromatic N) is 1. The van der Waals surface area contributed by atoms with Gasteiger partial charge in [-0.1, -0.05) is 11.6 Å². The number of halogens is 3. The number of rotatable bonds is 3. The minimum absolute atomic E-state index is 0. The maximum atomic E-state index is 11.0. The molecule has 16 heavy (non-hydrogen) atoms. The Morgan fingerprint density at radius 3 is 2.69 bits per heavy atom. The van der Waals surface area contributed by atoms with Crippen molar-refractivity contribution in [3.63, 3.8) is 0 Å². The van der Waals surface area contributed by atoms with Gasteiger partial charge in [0, 0.05) is 12.4 Å². The van der Waals surface area contributed by atoms with Gasteiger partial charge in [0.05, 0.1) is 12.1 Å². The van der Waals surface area contributed by atoms with Crippen LogP contribution >= 0.6 is 36.4 Å². The van der Waals surface area contributed by atoms with Crippen molar-refractivity contribution in [2.24, 2.45) is 5.73 Å². The average Bonchev–Trinajstić information content (AvgIpc) is 2.16. The molecule has 0 saturated carbocycles. The Labute approximate surface area is 111 Å². The summed E-state index contributed by atoms with van der Waals surface area (Å²) >= 11 is 5.72. The molecular weight excluding hydrogens is 274 g/mol. The number of esters is 1. The maximum absolute atomic E-state index is 11.0. The van der Waals surface area contributed by atoms with Crippen molar-refractivity contribution in [2.75, 3.05) is 7.11 Å². The molecule has 92 valence electrons. The lowest BCUT2D eigenvalue weighted by Gasteiger charge is -2.08. The summed E-state index contributed by atoms with van der Waals surface area (Å²) in [7, 11) is 1.30. The molecule has 1 rings (SSSR count). The highest BCUT2D eigenvalue weighted by Crippen LogP contribution is 2.09. The van der Waals surface area contributed by atoms with E-state index in [4.69, 9.17) is 17.3 Å². The van der Waals surface area contributed by atoms with Gasteiger partial charge in [-0.25, -0.2) is 0 Å². The number of hydrogen-bond donors (Lipinski definition) is 1. The second-order valence-corrected chi connectivity index (χ2v) is 3.28. The molecule has 0 aliphatic rings. The van der Waals surface area contributed by atoms with Crippen molar-refractivity contribution >= 4 is 42.4 Å². The van der Waals surface area contributed by atoms with Gasteiger partial charge in [-0.2, -0.15) is 0 Å². The Hall–Kier alpha value is -0.550. The Kier molecular flexibility index (Phi) is 9.57. The lowest BCUT2D eigenvalue weighted by atomic mass is 10.1. The molecular formula is C9H13Cl3N2O2. The third kappa shape index (κ3) is 5.51. The molecule has 0 bridgehead atoms. The zero-order valence-electron chi connectivity index (χ0n) is 8.55. The minimum Gasteiger partial charge on any atom is -0.468 e. The third-order valence-electron chi connectivity index (χ3n) is 1.72. The van der Waals surface area contributed by atoms with Gasteiger partial charge in [-0.15, -0.1) is 24.8 Å². The van der Waals surface area contributed by atoms with E-state index in [1.165, 1.54) is 13.3 Å². The first-order chi connectivity index (χ1) is 6.63. The summed E-state index contributed by atoms with van der Waals surface area (Å²) in [5.41, 5.74) is 6.38. The van der Waals surface area contributed by atoms with Crippen LogP contribution in [-0.4, -0.2) is 24.1 Å². The minimum atomic E-state index is -0.666. The zero-order chi connectivity index (χ0) is 10.6. The summed E-state index contributed by atoms with van der Waals surface area (Å²) in [5.74, 6) is -0.440. The molecule has 1 atom stereocenters. The van der Waals surface area contributed by atoms with Gasteiger partial charge in [-0.05, 0) is 18.1 Å². The van der Waals surface area contributed by atoms with Crippen LogP contribution in [0.4, 0.5) is 0 Å². The van der Waals surface area contributed by atoms with E-state index in [0.29, 0.717) is 11.4 Å². The van der Waals surface area contributed by atoms with Gasteiger partial charge in [0.25, 0.3) is 0 Å². The summed E-state index contributed by atoms with van der Waals surface area (Å²) in [5, 5.41) is 0.527. The van der Waals surface area contributed by atoms with Crippen LogP contribution < -0.4 is 5.73 Å². The van der Waals surface area contributed by atoms with E-state index >= 15 is 0 Å². The van der Waals surface area contributed by atoms with Crippen LogP contribution in [0.3, 0.4) is 0 Å². The van der Waals surface area contributed by atoms with Crippen molar-refractivity contribution in [2.45, 2.75) is 12.5 Å². The predicted octanol–water partition coefficient (Wildman–Crippen LogP) is 1.62. The molecule has 1 aromatic rings. The van der Waals surface area contributed by atoms with Gasteiger partial charge in [0.15, 0.2) is 0 Å². The summed E-state index contributed by atoms with van der Waals surface area (Å²) in [6, 6.07) is 1.05. The normalized spacial score (nSPS) is 10.7. The van der Waals surface area contributed by atoms with Crippen LogP contribution in [0.2, 0.25) is 5.02 Å². The number of aromatic nitrogens is 1. The van der Waals surface area contributed by atoms with E-state index < -0.39 is 12.0 Å². The van der Waals surface area contributed by atoms with Crippen molar-refractivity contribution < 1.29 is 9.53 Å². The summed E-state index contributed by atoms with van der Waals surface area (Å²) in [6.45, 7) is 0. The summed E-state index contributed by atoms with van der Waals surface area (Å²) in [4.78, 5) is 14.9. The zero-order valence-corrected chi connectivity index (χ0v) is 10.9. The lowest BCUT2D eigenvalue weighted by molar-refractivity contribution is -0.142. The lowest BCUT2D eigenvalue weighted by Crippen LogP contribution is -2.33. The molecule has 0 aliphatic carbocycles. The van der Waals surface area contributed by atoms with E-state index in [-0.39, 0.29) is 24.8 Å². The van der Waals surface area contributed by atoms with E-state index in [9.17, 15) is 4.79 Å².